The number of amides is 1. The smallest absolute Gasteiger partial charge is 0.225 e. The van der Waals surface area contributed by atoms with Gasteiger partial charge < -0.3 is 15.7 Å². The quantitative estimate of drug-likeness (QED) is 0.794. The summed E-state index contributed by atoms with van der Waals surface area (Å²) in [7, 11) is 1.92. The minimum Gasteiger partial charge on any atom is -0.389 e. The summed E-state index contributed by atoms with van der Waals surface area (Å²) in [6.07, 6.45) is 8.08. The zero-order valence-electron chi connectivity index (χ0n) is 12.1. The lowest BCUT2D eigenvalue weighted by Crippen LogP contribution is -2.44. The SMILES string of the molecule is CN(CCC1CCC1)C(=O)C1CCC(O)(CN)CC1. The summed E-state index contributed by atoms with van der Waals surface area (Å²) in [4.78, 5) is 14.2. The minimum atomic E-state index is -0.721. The van der Waals surface area contributed by atoms with E-state index in [4.69, 9.17) is 5.73 Å². The molecule has 2 fully saturated rings. The predicted molar refractivity (Wildman–Crippen MR) is 75.6 cm³/mol. The topological polar surface area (TPSA) is 66.6 Å². The maximum absolute atomic E-state index is 12.3. The molecule has 0 aromatic heterocycles. The molecule has 1 amide bonds. The first-order valence-electron chi connectivity index (χ1n) is 7.71. The van der Waals surface area contributed by atoms with Gasteiger partial charge >= 0.3 is 0 Å². The lowest BCUT2D eigenvalue weighted by atomic mass is 9.78. The van der Waals surface area contributed by atoms with Crippen molar-refractivity contribution < 1.29 is 9.90 Å². The van der Waals surface area contributed by atoms with Gasteiger partial charge in [-0.15, -0.1) is 0 Å². The second-order valence-corrected chi connectivity index (χ2v) is 6.55. The van der Waals surface area contributed by atoms with Gasteiger partial charge in [0.25, 0.3) is 0 Å². The van der Waals surface area contributed by atoms with Crippen LogP contribution in [-0.2, 0) is 4.79 Å². The van der Waals surface area contributed by atoms with E-state index in [0.717, 1.165) is 31.7 Å². The molecule has 0 heterocycles. The van der Waals surface area contributed by atoms with Crippen LogP contribution in [0.1, 0.15) is 51.4 Å². The highest BCUT2D eigenvalue weighted by Crippen LogP contribution is 2.33. The summed E-state index contributed by atoms with van der Waals surface area (Å²) in [6, 6.07) is 0. The number of nitrogens with two attached hydrogens (primary N) is 1. The van der Waals surface area contributed by atoms with Crippen LogP contribution in [0.15, 0.2) is 0 Å². The van der Waals surface area contributed by atoms with E-state index in [1.165, 1.54) is 19.3 Å². The molecule has 110 valence electrons. The van der Waals surface area contributed by atoms with E-state index in [9.17, 15) is 9.90 Å². The Hall–Kier alpha value is -0.610. The van der Waals surface area contributed by atoms with Crippen molar-refractivity contribution >= 4 is 5.91 Å². The average molecular weight is 268 g/mol. The third-order valence-corrected chi connectivity index (χ3v) is 5.12. The Labute approximate surface area is 116 Å². The van der Waals surface area contributed by atoms with Gasteiger partial charge in [0.1, 0.15) is 0 Å². The van der Waals surface area contributed by atoms with Crippen LogP contribution in [-0.4, -0.2) is 41.7 Å². The largest absolute Gasteiger partial charge is 0.389 e. The van der Waals surface area contributed by atoms with Crippen LogP contribution >= 0.6 is 0 Å². The van der Waals surface area contributed by atoms with Crippen molar-refractivity contribution in [3.63, 3.8) is 0 Å². The molecule has 19 heavy (non-hydrogen) atoms. The van der Waals surface area contributed by atoms with E-state index < -0.39 is 5.60 Å². The van der Waals surface area contributed by atoms with Gasteiger partial charge in [-0.3, -0.25) is 4.79 Å². The fraction of sp³-hybridized carbons (Fsp3) is 0.933. The number of rotatable bonds is 5. The third kappa shape index (κ3) is 3.69. The summed E-state index contributed by atoms with van der Waals surface area (Å²) < 4.78 is 0. The van der Waals surface area contributed by atoms with Crippen molar-refractivity contribution in [3.8, 4) is 0 Å². The highest BCUT2D eigenvalue weighted by molar-refractivity contribution is 5.78. The van der Waals surface area contributed by atoms with E-state index in [1.807, 2.05) is 11.9 Å². The van der Waals surface area contributed by atoms with E-state index in [2.05, 4.69) is 0 Å². The molecule has 0 bridgehead atoms. The molecule has 0 aromatic carbocycles. The number of aliphatic hydroxyl groups is 1. The van der Waals surface area contributed by atoms with Gasteiger partial charge in [0, 0.05) is 26.1 Å². The van der Waals surface area contributed by atoms with Crippen molar-refractivity contribution in [2.24, 2.45) is 17.6 Å². The maximum atomic E-state index is 12.3. The molecular formula is C15H28N2O2. The normalized spacial score (nSPS) is 31.8. The summed E-state index contributed by atoms with van der Waals surface area (Å²) in [5.41, 5.74) is 4.86. The Kier molecular flexibility index (Phi) is 4.85. The Morgan fingerprint density at radius 2 is 1.95 bits per heavy atom. The van der Waals surface area contributed by atoms with Gasteiger partial charge in [-0.05, 0) is 38.0 Å². The molecule has 4 heteroatoms. The maximum Gasteiger partial charge on any atom is 0.225 e. The Bertz CT molecular complexity index is 307. The first-order chi connectivity index (χ1) is 9.04. The summed E-state index contributed by atoms with van der Waals surface area (Å²) in [6.45, 7) is 1.20. The van der Waals surface area contributed by atoms with Gasteiger partial charge in [-0.1, -0.05) is 19.3 Å². The first-order valence-corrected chi connectivity index (χ1v) is 7.71. The molecule has 0 unspecified atom stereocenters. The highest BCUT2D eigenvalue weighted by atomic mass is 16.3. The number of carbonyl (C=O) groups is 1. The number of hydrogen-bond donors (Lipinski definition) is 2. The van der Waals surface area contributed by atoms with Crippen LogP contribution in [0.2, 0.25) is 0 Å². The predicted octanol–water partition coefficient (Wildman–Crippen LogP) is 1.51. The summed E-state index contributed by atoms with van der Waals surface area (Å²) in [5.74, 6) is 1.21. The van der Waals surface area contributed by atoms with Crippen molar-refractivity contribution in [3.05, 3.63) is 0 Å². The molecular weight excluding hydrogens is 240 g/mol. The second-order valence-electron chi connectivity index (χ2n) is 6.55. The minimum absolute atomic E-state index is 0.0956. The molecule has 2 aliphatic carbocycles. The molecule has 2 saturated carbocycles. The van der Waals surface area contributed by atoms with Crippen molar-refractivity contribution in [1.82, 2.24) is 4.90 Å². The molecule has 0 atom stereocenters. The Morgan fingerprint density at radius 1 is 1.32 bits per heavy atom. The zero-order chi connectivity index (χ0) is 13.9. The number of nitrogens with zero attached hydrogens (tertiary/aromatic N) is 1. The fourth-order valence-electron chi connectivity index (χ4n) is 3.19. The summed E-state index contributed by atoms with van der Waals surface area (Å²) in [5, 5.41) is 10.1. The van der Waals surface area contributed by atoms with Gasteiger partial charge in [0.05, 0.1) is 5.60 Å². The number of hydrogen-bond acceptors (Lipinski definition) is 3. The van der Waals surface area contributed by atoms with Crippen LogP contribution in [0.5, 0.6) is 0 Å². The standard InChI is InChI=1S/C15H28N2O2/c1-17(10-7-12-3-2-4-12)14(18)13-5-8-15(19,11-16)9-6-13/h12-13,19H,2-11,16H2,1H3. The number of carbonyl (C=O) groups excluding carboxylic acids is 1. The summed E-state index contributed by atoms with van der Waals surface area (Å²) >= 11 is 0. The van der Waals surface area contributed by atoms with Gasteiger partial charge in [0.2, 0.25) is 5.91 Å². The zero-order valence-corrected chi connectivity index (χ0v) is 12.1. The second kappa shape index (κ2) is 6.23. The molecule has 2 aliphatic rings. The van der Waals surface area contributed by atoms with Gasteiger partial charge in [0.15, 0.2) is 0 Å². The molecule has 0 aliphatic heterocycles. The monoisotopic (exact) mass is 268 g/mol. The van der Waals surface area contributed by atoms with Crippen molar-refractivity contribution in [1.29, 1.82) is 0 Å². The van der Waals surface area contributed by atoms with Crippen molar-refractivity contribution in [2.45, 2.75) is 57.0 Å². The lowest BCUT2D eigenvalue weighted by Gasteiger charge is -2.36. The van der Waals surface area contributed by atoms with Gasteiger partial charge in [-0.25, -0.2) is 0 Å². The van der Waals surface area contributed by atoms with E-state index in [-0.39, 0.29) is 11.8 Å². The highest BCUT2D eigenvalue weighted by Gasteiger charge is 2.35. The molecule has 2 rings (SSSR count). The molecule has 3 N–H and O–H groups in total. The molecule has 0 radical (unpaired) electrons. The average Bonchev–Trinajstić information content (AvgIpc) is 2.37. The third-order valence-electron chi connectivity index (χ3n) is 5.12. The molecule has 0 spiro atoms. The van der Waals surface area contributed by atoms with Crippen LogP contribution in [0.4, 0.5) is 0 Å². The first kappa shape index (κ1) is 14.8. The molecule has 4 nitrogen and oxygen atoms in total. The van der Waals surface area contributed by atoms with Crippen LogP contribution in [0.3, 0.4) is 0 Å². The van der Waals surface area contributed by atoms with E-state index in [0.29, 0.717) is 19.4 Å². The fourth-order valence-corrected chi connectivity index (χ4v) is 3.19. The van der Waals surface area contributed by atoms with E-state index in [1.54, 1.807) is 0 Å². The van der Waals surface area contributed by atoms with Crippen LogP contribution in [0, 0.1) is 11.8 Å². The molecule has 0 aromatic rings. The van der Waals surface area contributed by atoms with Gasteiger partial charge in [-0.2, -0.15) is 0 Å². The Balaban J connectivity index is 1.73. The lowest BCUT2D eigenvalue weighted by molar-refractivity contribution is -0.137. The van der Waals surface area contributed by atoms with E-state index >= 15 is 0 Å². The molecule has 0 saturated heterocycles. The Morgan fingerprint density at radius 3 is 2.42 bits per heavy atom. The van der Waals surface area contributed by atoms with Crippen molar-refractivity contribution in [2.75, 3.05) is 20.1 Å². The van der Waals surface area contributed by atoms with Crippen LogP contribution < -0.4 is 5.73 Å². The van der Waals surface area contributed by atoms with Crippen LogP contribution in [0.25, 0.3) is 0 Å².